The van der Waals surface area contributed by atoms with Crippen LogP contribution in [0.4, 0.5) is 0 Å². The van der Waals surface area contributed by atoms with E-state index in [0.717, 1.165) is 51.9 Å². The maximum Gasteiger partial charge on any atom is 0.242 e. The molecule has 4 heteroatoms. The third kappa shape index (κ3) is 1.77. The van der Waals surface area contributed by atoms with Crippen LogP contribution >= 0.6 is 0 Å². The highest BCUT2D eigenvalue weighted by atomic mass is 16.2. The molecular weight excluding hydrogens is 178 g/mol. The monoisotopic (exact) mass is 197 g/mol. The van der Waals surface area contributed by atoms with Gasteiger partial charge in [-0.3, -0.25) is 4.79 Å². The maximum atomic E-state index is 12.1. The summed E-state index contributed by atoms with van der Waals surface area (Å²) in [5.74, 6) is 0.177. The molecule has 0 aromatic rings. The maximum absolute atomic E-state index is 12.1. The number of carbonyl (C=O) groups excluding carboxylic acids is 1. The first-order chi connectivity index (χ1) is 6.72. The van der Waals surface area contributed by atoms with Crippen LogP contribution in [0.15, 0.2) is 0 Å². The Morgan fingerprint density at radius 3 is 2.36 bits per heavy atom. The van der Waals surface area contributed by atoms with Crippen LogP contribution in [-0.2, 0) is 4.79 Å². The molecule has 0 saturated carbocycles. The van der Waals surface area contributed by atoms with Crippen molar-refractivity contribution in [1.29, 1.82) is 0 Å². The van der Waals surface area contributed by atoms with Gasteiger partial charge in [0.15, 0.2) is 0 Å². The number of likely N-dealkylation sites (tertiary alicyclic amines) is 1. The second-order valence-corrected chi connectivity index (χ2v) is 4.41. The summed E-state index contributed by atoms with van der Waals surface area (Å²) in [5.41, 5.74) is 5.58. The van der Waals surface area contributed by atoms with E-state index in [-0.39, 0.29) is 5.91 Å². The number of nitrogens with two attached hydrogens (primary N) is 1. The van der Waals surface area contributed by atoms with Crippen LogP contribution in [0, 0.1) is 0 Å². The second-order valence-electron chi connectivity index (χ2n) is 4.41. The summed E-state index contributed by atoms with van der Waals surface area (Å²) in [4.78, 5) is 14.0. The lowest BCUT2D eigenvalue weighted by molar-refractivity contribution is -0.136. The van der Waals surface area contributed by atoms with Crippen LogP contribution in [0.1, 0.15) is 25.7 Å². The lowest BCUT2D eigenvalue weighted by Gasteiger charge is -2.35. The Bertz CT molecular complexity index is 217. The molecule has 0 bridgehead atoms. The van der Waals surface area contributed by atoms with Crippen molar-refractivity contribution < 1.29 is 4.79 Å². The van der Waals surface area contributed by atoms with Crippen molar-refractivity contribution in [1.82, 2.24) is 10.2 Å². The molecule has 2 rings (SSSR count). The molecule has 0 radical (unpaired) electrons. The first-order valence-electron chi connectivity index (χ1n) is 5.51. The largest absolute Gasteiger partial charge is 0.341 e. The lowest BCUT2D eigenvalue weighted by atomic mass is 9.88. The molecule has 2 heterocycles. The third-order valence-corrected chi connectivity index (χ3v) is 3.31. The van der Waals surface area contributed by atoms with Gasteiger partial charge < -0.3 is 16.0 Å². The smallest absolute Gasteiger partial charge is 0.242 e. The molecule has 4 nitrogen and oxygen atoms in total. The highest BCUT2D eigenvalue weighted by Crippen LogP contribution is 2.20. The molecule has 0 unspecified atom stereocenters. The topological polar surface area (TPSA) is 58.4 Å². The average Bonchev–Trinajstić information content (AvgIpc) is 2.70. The van der Waals surface area contributed by atoms with Crippen molar-refractivity contribution in [2.45, 2.75) is 31.2 Å². The fourth-order valence-corrected chi connectivity index (χ4v) is 2.32. The van der Waals surface area contributed by atoms with Crippen LogP contribution in [0.25, 0.3) is 0 Å². The van der Waals surface area contributed by atoms with E-state index in [0.29, 0.717) is 0 Å². The van der Waals surface area contributed by atoms with Crippen LogP contribution in [0.2, 0.25) is 0 Å². The van der Waals surface area contributed by atoms with E-state index < -0.39 is 5.54 Å². The number of nitrogens with one attached hydrogen (secondary N) is 1. The van der Waals surface area contributed by atoms with E-state index in [9.17, 15) is 4.79 Å². The van der Waals surface area contributed by atoms with Gasteiger partial charge in [0.25, 0.3) is 0 Å². The van der Waals surface area contributed by atoms with Crippen molar-refractivity contribution in [3.8, 4) is 0 Å². The summed E-state index contributed by atoms with van der Waals surface area (Å²) in [7, 11) is 0. The van der Waals surface area contributed by atoms with Crippen molar-refractivity contribution in [2.75, 3.05) is 26.2 Å². The van der Waals surface area contributed by atoms with Gasteiger partial charge in [-0.05, 0) is 38.8 Å². The van der Waals surface area contributed by atoms with Gasteiger partial charge in [-0.2, -0.15) is 0 Å². The van der Waals surface area contributed by atoms with Crippen LogP contribution in [-0.4, -0.2) is 42.5 Å². The van der Waals surface area contributed by atoms with E-state index >= 15 is 0 Å². The molecule has 0 aromatic heterocycles. The fraction of sp³-hybridized carbons (Fsp3) is 0.900. The Morgan fingerprint density at radius 2 is 1.79 bits per heavy atom. The van der Waals surface area contributed by atoms with Gasteiger partial charge in [-0.25, -0.2) is 0 Å². The molecule has 0 spiro atoms. The first-order valence-corrected chi connectivity index (χ1v) is 5.51. The Labute approximate surface area is 84.8 Å². The van der Waals surface area contributed by atoms with Gasteiger partial charge in [0.2, 0.25) is 5.91 Å². The molecule has 1 amide bonds. The van der Waals surface area contributed by atoms with Gasteiger partial charge in [0.05, 0.1) is 5.54 Å². The lowest BCUT2D eigenvalue weighted by Crippen LogP contribution is -2.59. The van der Waals surface area contributed by atoms with Crippen molar-refractivity contribution in [3.63, 3.8) is 0 Å². The molecule has 80 valence electrons. The zero-order chi connectivity index (χ0) is 10.0. The molecule has 2 fully saturated rings. The number of piperidine rings is 1. The minimum absolute atomic E-state index is 0.177. The summed E-state index contributed by atoms with van der Waals surface area (Å²) in [6.45, 7) is 3.56. The highest BCUT2D eigenvalue weighted by molar-refractivity contribution is 5.86. The second kappa shape index (κ2) is 3.87. The normalized spacial score (nSPS) is 26.5. The number of rotatable bonds is 1. The molecule has 2 aliphatic heterocycles. The number of amides is 1. The predicted octanol–water partition coefficient (Wildman–Crippen LogP) is -0.310. The van der Waals surface area contributed by atoms with E-state index in [4.69, 9.17) is 5.73 Å². The summed E-state index contributed by atoms with van der Waals surface area (Å²) < 4.78 is 0. The van der Waals surface area contributed by atoms with Crippen molar-refractivity contribution in [2.24, 2.45) is 5.73 Å². The average molecular weight is 197 g/mol. The van der Waals surface area contributed by atoms with Crippen molar-refractivity contribution >= 4 is 5.91 Å². The summed E-state index contributed by atoms with van der Waals surface area (Å²) in [6, 6.07) is 0. The Morgan fingerprint density at radius 1 is 1.21 bits per heavy atom. The van der Waals surface area contributed by atoms with Gasteiger partial charge >= 0.3 is 0 Å². The van der Waals surface area contributed by atoms with Gasteiger partial charge in [-0.15, -0.1) is 0 Å². The fourth-order valence-electron chi connectivity index (χ4n) is 2.32. The minimum atomic E-state index is -0.574. The molecule has 0 atom stereocenters. The van der Waals surface area contributed by atoms with Crippen molar-refractivity contribution in [3.05, 3.63) is 0 Å². The third-order valence-electron chi connectivity index (χ3n) is 3.31. The number of carbonyl (C=O) groups is 1. The Kier molecular flexibility index (Phi) is 2.74. The molecule has 2 aliphatic rings. The minimum Gasteiger partial charge on any atom is -0.341 e. The summed E-state index contributed by atoms with van der Waals surface area (Å²) >= 11 is 0. The zero-order valence-electron chi connectivity index (χ0n) is 8.59. The number of hydrogen-bond donors (Lipinski definition) is 2. The van der Waals surface area contributed by atoms with E-state index in [1.54, 1.807) is 0 Å². The Balaban J connectivity index is 2.00. The quantitative estimate of drug-likeness (QED) is 0.606. The molecule has 2 saturated heterocycles. The number of hydrogen-bond acceptors (Lipinski definition) is 3. The molecule has 14 heavy (non-hydrogen) atoms. The predicted molar refractivity (Wildman–Crippen MR) is 54.8 cm³/mol. The van der Waals surface area contributed by atoms with E-state index in [1.165, 1.54) is 0 Å². The molecule has 0 aliphatic carbocycles. The molecule has 3 N–H and O–H groups in total. The number of nitrogens with zero attached hydrogens (tertiary/aromatic N) is 1. The standard InChI is InChI=1S/C10H19N3O/c11-10(3-5-12-6-4-10)9(14)13-7-1-2-8-13/h12H,1-8,11H2. The zero-order valence-corrected chi connectivity index (χ0v) is 8.59. The Hall–Kier alpha value is -0.610. The van der Waals surface area contributed by atoms with E-state index in [2.05, 4.69) is 5.32 Å². The summed E-state index contributed by atoms with van der Waals surface area (Å²) in [6.07, 6.45) is 3.84. The van der Waals surface area contributed by atoms with Crippen LogP contribution in [0.3, 0.4) is 0 Å². The highest BCUT2D eigenvalue weighted by Gasteiger charge is 2.38. The van der Waals surface area contributed by atoms with E-state index in [1.807, 2.05) is 4.90 Å². The van der Waals surface area contributed by atoms with Crippen LogP contribution < -0.4 is 11.1 Å². The molecule has 0 aromatic carbocycles. The SMILES string of the molecule is NC1(C(=O)N2CCCC2)CCNCC1. The van der Waals surface area contributed by atoms with Crippen LogP contribution in [0.5, 0.6) is 0 Å². The summed E-state index contributed by atoms with van der Waals surface area (Å²) in [5, 5.41) is 3.23. The van der Waals surface area contributed by atoms with Gasteiger partial charge in [0.1, 0.15) is 0 Å². The molecular formula is C10H19N3O. The van der Waals surface area contributed by atoms with Gasteiger partial charge in [0, 0.05) is 13.1 Å². The van der Waals surface area contributed by atoms with Gasteiger partial charge in [-0.1, -0.05) is 0 Å². The first kappa shape index (κ1) is 9.93.